The first-order chi connectivity index (χ1) is 10.1. The van der Waals surface area contributed by atoms with Crippen molar-refractivity contribution >= 4 is 27.5 Å². The maximum atomic E-state index is 13.9. The van der Waals surface area contributed by atoms with Gasteiger partial charge in [0.1, 0.15) is 5.82 Å². The molecule has 110 valence electrons. The van der Waals surface area contributed by atoms with Gasteiger partial charge in [-0.25, -0.2) is 4.39 Å². The molecule has 0 fully saturated rings. The monoisotopic (exact) mass is 349 g/mol. The zero-order valence-electron chi connectivity index (χ0n) is 11.5. The Kier molecular flexibility index (Phi) is 5.33. The third-order valence-electron chi connectivity index (χ3n) is 3.14. The lowest BCUT2D eigenvalue weighted by Gasteiger charge is -2.25. The zero-order valence-corrected chi connectivity index (χ0v) is 13.1. The average molecular weight is 350 g/mol. The summed E-state index contributed by atoms with van der Waals surface area (Å²) in [5, 5.41) is 7.38. The molecule has 0 bridgehead atoms. The maximum absolute atomic E-state index is 13.9. The molecule has 5 heteroatoms. The molecule has 2 aromatic rings. The summed E-state index contributed by atoms with van der Waals surface area (Å²) in [6, 6.07) is 14.7. The molecule has 0 spiro atoms. The smallest absolute Gasteiger partial charge is 0.128 e. The Labute approximate surface area is 132 Å². The van der Waals surface area contributed by atoms with Gasteiger partial charge in [0.15, 0.2) is 0 Å². The zero-order chi connectivity index (χ0) is 15.2. The van der Waals surface area contributed by atoms with Crippen LogP contribution in [0.4, 0.5) is 10.1 Å². The highest BCUT2D eigenvalue weighted by Gasteiger charge is 2.11. The molecule has 0 saturated carbocycles. The summed E-state index contributed by atoms with van der Waals surface area (Å²) in [5.41, 5.74) is 7.03. The van der Waals surface area contributed by atoms with Crippen molar-refractivity contribution in [2.75, 3.05) is 11.4 Å². The largest absolute Gasteiger partial charge is 0.388 e. The van der Waals surface area contributed by atoms with Crippen LogP contribution < -0.4 is 10.6 Å². The molecule has 0 unspecified atom stereocenters. The van der Waals surface area contributed by atoms with Crippen LogP contribution in [0.15, 0.2) is 53.0 Å². The van der Waals surface area contributed by atoms with Gasteiger partial charge in [0, 0.05) is 35.2 Å². The van der Waals surface area contributed by atoms with E-state index < -0.39 is 0 Å². The van der Waals surface area contributed by atoms with E-state index in [9.17, 15) is 4.39 Å². The number of nitrogens with one attached hydrogen (secondary N) is 1. The molecule has 3 nitrogen and oxygen atoms in total. The molecule has 0 saturated heterocycles. The molecule has 21 heavy (non-hydrogen) atoms. The number of benzene rings is 2. The second-order valence-electron chi connectivity index (χ2n) is 4.77. The minimum absolute atomic E-state index is 0.130. The number of hydrogen-bond donors (Lipinski definition) is 2. The highest BCUT2D eigenvalue weighted by Crippen LogP contribution is 2.21. The number of halogens is 2. The van der Waals surface area contributed by atoms with Crippen LogP contribution in [-0.2, 0) is 6.54 Å². The van der Waals surface area contributed by atoms with Gasteiger partial charge >= 0.3 is 0 Å². The third-order valence-corrected chi connectivity index (χ3v) is 3.63. The predicted molar refractivity (Wildman–Crippen MR) is 88.1 cm³/mol. The SMILES string of the molecule is N=C(N)CCN(Cc1cc(Br)ccc1F)c1ccccc1. The summed E-state index contributed by atoms with van der Waals surface area (Å²) >= 11 is 3.37. The highest BCUT2D eigenvalue weighted by molar-refractivity contribution is 9.10. The summed E-state index contributed by atoms with van der Waals surface area (Å²) in [4.78, 5) is 2.02. The van der Waals surface area contributed by atoms with Crippen molar-refractivity contribution in [2.24, 2.45) is 5.73 Å². The molecule has 0 radical (unpaired) electrons. The van der Waals surface area contributed by atoms with E-state index in [1.54, 1.807) is 12.1 Å². The number of hydrogen-bond acceptors (Lipinski definition) is 2. The lowest BCUT2D eigenvalue weighted by molar-refractivity contribution is 0.604. The van der Waals surface area contributed by atoms with Crippen LogP contribution in [0.25, 0.3) is 0 Å². The predicted octanol–water partition coefficient (Wildman–Crippen LogP) is 3.92. The van der Waals surface area contributed by atoms with Crippen molar-refractivity contribution in [3.63, 3.8) is 0 Å². The van der Waals surface area contributed by atoms with Gasteiger partial charge in [-0.3, -0.25) is 5.41 Å². The summed E-state index contributed by atoms with van der Waals surface area (Å²) < 4.78 is 14.8. The topological polar surface area (TPSA) is 53.1 Å². The van der Waals surface area contributed by atoms with E-state index in [1.165, 1.54) is 6.07 Å². The van der Waals surface area contributed by atoms with Gasteiger partial charge in [0.2, 0.25) is 0 Å². The first kappa shape index (κ1) is 15.5. The molecule has 0 aromatic heterocycles. The van der Waals surface area contributed by atoms with E-state index in [0.717, 1.165) is 10.2 Å². The molecule has 0 atom stereocenters. The van der Waals surface area contributed by atoms with Crippen molar-refractivity contribution in [3.05, 3.63) is 64.4 Å². The van der Waals surface area contributed by atoms with Crippen molar-refractivity contribution in [1.29, 1.82) is 5.41 Å². The Morgan fingerprint density at radius 1 is 1.19 bits per heavy atom. The summed E-state index contributed by atoms with van der Waals surface area (Å²) in [7, 11) is 0. The molecular weight excluding hydrogens is 333 g/mol. The Morgan fingerprint density at radius 2 is 1.90 bits per heavy atom. The van der Waals surface area contributed by atoms with Gasteiger partial charge in [0.25, 0.3) is 0 Å². The van der Waals surface area contributed by atoms with Crippen LogP contribution in [0.1, 0.15) is 12.0 Å². The van der Waals surface area contributed by atoms with Crippen LogP contribution in [-0.4, -0.2) is 12.4 Å². The fraction of sp³-hybridized carbons (Fsp3) is 0.188. The second-order valence-corrected chi connectivity index (χ2v) is 5.68. The van der Waals surface area contributed by atoms with Crippen LogP contribution >= 0.6 is 15.9 Å². The van der Waals surface area contributed by atoms with Gasteiger partial charge in [-0.15, -0.1) is 0 Å². The van der Waals surface area contributed by atoms with E-state index in [2.05, 4.69) is 15.9 Å². The highest BCUT2D eigenvalue weighted by atomic mass is 79.9. The van der Waals surface area contributed by atoms with Gasteiger partial charge in [-0.2, -0.15) is 0 Å². The van der Waals surface area contributed by atoms with Crippen LogP contribution in [0.2, 0.25) is 0 Å². The number of amidine groups is 1. The first-order valence-corrected chi connectivity index (χ1v) is 7.42. The van der Waals surface area contributed by atoms with Crippen molar-refractivity contribution in [1.82, 2.24) is 0 Å². The summed E-state index contributed by atoms with van der Waals surface area (Å²) in [6.45, 7) is 1.01. The maximum Gasteiger partial charge on any atom is 0.128 e. The Balaban J connectivity index is 2.23. The average Bonchev–Trinajstić information content (AvgIpc) is 2.47. The third kappa shape index (κ3) is 4.56. The molecule has 0 heterocycles. The fourth-order valence-electron chi connectivity index (χ4n) is 2.06. The molecule has 3 N–H and O–H groups in total. The van der Waals surface area contributed by atoms with Crippen molar-refractivity contribution < 1.29 is 4.39 Å². The van der Waals surface area contributed by atoms with Gasteiger partial charge < -0.3 is 10.6 Å². The number of nitrogens with two attached hydrogens (primary N) is 1. The number of nitrogens with zero attached hydrogens (tertiary/aromatic N) is 1. The number of anilines is 1. The van der Waals surface area contributed by atoms with Gasteiger partial charge in [-0.05, 0) is 30.3 Å². The molecule has 0 aliphatic heterocycles. The van der Waals surface area contributed by atoms with Crippen molar-refractivity contribution in [3.8, 4) is 0 Å². The lowest BCUT2D eigenvalue weighted by atomic mass is 10.1. The summed E-state index contributed by atoms with van der Waals surface area (Å²) in [6.07, 6.45) is 0.449. The molecule has 0 amide bonds. The van der Waals surface area contributed by atoms with Crippen LogP contribution in [0, 0.1) is 11.2 Å². The Hall–Kier alpha value is -1.88. The molecule has 0 aliphatic carbocycles. The standard InChI is InChI=1S/C16H17BrFN3/c17-13-6-7-15(18)12(10-13)11-21(9-8-16(19)20)14-4-2-1-3-5-14/h1-7,10H,8-9,11H2,(H3,19,20). The summed E-state index contributed by atoms with van der Waals surface area (Å²) in [5.74, 6) is -0.104. The van der Waals surface area contributed by atoms with Gasteiger partial charge in [0.05, 0.1) is 5.84 Å². The minimum Gasteiger partial charge on any atom is -0.388 e. The Morgan fingerprint density at radius 3 is 2.57 bits per heavy atom. The van der Waals surface area contributed by atoms with E-state index in [1.807, 2.05) is 35.2 Å². The Bertz CT molecular complexity index is 616. The minimum atomic E-state index is -0.234. The molecule has 0 aliphatic rings. The first-order valence-electron chi connectivity index (χ1n) is 6.63. The molecule has 2 rings (SSSR count). The fourth-order valence-corrected chi connectivity index (χ4v) is 2.47. The normalized spacial score (nSPS) is 10.4. The van der Waals surface area contributed by atoms with Gasteiger partial charge in [-0.1, -0.05) is 34.1 Å². The van der Waals surface area contributed by atoms with E-state index >= 15 is 0 Å². The number of para-hydroxylation sites is 1. The quantitative estimate of drug-likeness (QED) is 0.613. The second kappa shape index (κ2) is 7.22. The molecule has 2 aromatic carbocycles. The van der Waals surface area contributed by atoms with E-state index in [-0.39, 0.29) is 11.7 Å². The van der Waals surface area contributed by atoms with Crippen LogP contribution in [0.3, 0.4) is 0 Å². The van der Waals surface area contributed by atoms with Crippen LogP contribution in [0.5, 0.6) is 0 Å². The number of rotatable bonds is 6. The van der Waals surface area contributed by atoms with E-state index in [0.29, 0.717) is 25.1 Å². The van der Waals surface area contributed by atoms with Crippen molar-refractivity contribution in [2.45, 2.75) is 13.0 Å². The molecular formula is C16H17BrFN3. The lowest BCUT2D eigenvalue weighted by Crippen LogP contribution is -2.27. The van der Waals surface area contributed by atoms with E-state index in [4.69, 9.17) is 11.1 Å².